The molecule has 1 aliphatic heterocycles. The van der Waals surface area contributed by atoms with E-state index in [-0.39, 0.29) is 23.6 Å². The summed E-state index contributed by atoms with van der Waals surface area (Å²) in [6.45, 7) is 1.95. The zero-order chi connectivity index (χ0) is 30.1. The number of amides is 2. The highest BCUT2D eigenvalue weighted by atomic mass is 32.2. The Balaban J connectivity index is 1.59. The second-order valence-corrected chi connectivity index (χ2v) is 12.2. The van der Waals surface area contributed by atoms with Crippen molar-refractivity contribution in [3.63, 3.8) is 0 Å². The van der Waals surface area contributed by atoms with Gasteiger partial charge in [0.05, 0.1) is 11.4 Å². The molecular weight excluding hydrogens is 568 g/mol. The van der Waals surface area contributed by atoms with Gasteiger partial charge in [-0.05, 0) is 73.7 Å². The van der Waals surface area contributed by atoms with E-state index >= 15 is 0 Å². The van der Waals surface area contributed by atoms with Gasteiger partial charge in [-0.15, -0.1) is 0 Å². The van der Waals surface area contributed by atoms with Crippen LogP contribution in [0.2, 0.25) is 0 Å². The van der Waals surface area contributed by atoms with Crippen molar-refractivity contribution in [3.8, 4) is 11.4 Å². The second-order valence-electron chi connectivity index (χ2n) is 10.0. The number of anilines is 1. The summed E-state index contributed by atoms with van der Waals surface area (Å²) in [5, 5.41) is 9.87. The molecule has 0 spiro atoms. The van der Waals surface area contributed by atoms with Crippen molar-refractivity contribution in [2.75, 3.05) is 23.9 Å². The van der Waals surface area contributed by atoms with Crippen molar-refractivity contribution >= 4 is 27.5 Å². The Morgan fingerprint density at radius 2 is 1.90 bits per heavy atom. The first-order valence-corrected chi connectivity index (χ1v) is 14.6. The number of nitrogens with zero attached hydrogens (tertiary/aromatic N) is 2. The van der Waals surface area contributed by atoms with Crippen molar-refractivity contribution in [1.82, 2.24) is 15.1 Å². The van der Waals surface area contributed by atoms with Gasteiger partial charge in [-0.25, -0.2) is 17.5 Å². The molecule has 1 aliphatic rings. The second kappa shape index (κ2) is 11.5. The van der Waals surface area contributed by atoms with Crippen LogP contribution in [-0.2, 0) is 27.5 Å². The summed E-state index contributed by atoms with van der Waals surface area (Å²) in [6.07, 6.45) is -2.46. The fourth-order valence-electron chi connectivity index (χ4n) is 4.53. The predicted molar refractivity (Wildman–Crippen MR) is 143 cm³/mol. The Morgan fingerprint density at radius 1 is 1.17 bits per heavy atom. The minimum Gasteiger partial charge on any atom is -0.484 e. The molecule has 0 radical (unpaired) electrons. The molecule has 9 nitrogen and oxygen atoms in total. The van der Waals surface area contributed by atoms with Crippen molar-refractivity contribution in [2.45, 2.75) is 45.3 Å². The monoisotopic (exact) mass is 596 g/mol. The van der Waals surface area contributed by atoms with Gasteiger partial charge in [0, 0.05) is 18.7 Å². The van der Waals surface area contributed by atoms with Crippen LogP contribution in [0.1, 0.15) is 39.2 Å². The Hall–Kier alpha value is -3.94. The Morgan fingerprint density at radius 3 is 2.56 bits per heavy atom. The summed E-state index contributed by atoms with van der Waals surface area (Å²) in [7, 11) is -3.67. The smallest absolute Gasteiger partial charge is 0.422 e. The minimum atomic E-state index is -4.46. The zero-order valence-electron chi connectivity index (χ0n) is 22.4. The maximum absolute atomic E-state index is 13.9. The number of hydrogen-bond acceptors (Lipinski definition) is 6. The van der Waals surface area contributed by atoms with Crippen LogP contribution in [-0.4, -0.2) is 60.8 Å². The third-order valence-corrected chi connectivity index (χ3v) is 7.27. The molecule has 41 heavy (non-hydrogen) atoms. The van der Waals surface area contributed by atoms with Gasteiger partial charge in [-0.1, -0.05) is 6.07 Å². The largest absolute Gasteiger partial charge is 0.484 e. The lowest BCUT2D eigenvalue weighted by molar-refractivity contribution is -0.153. The van der Waals surface area contributed by atoms with Crippen LogP contribution in [0.5, 0.6) is 5.75 Å². The molecular formula is C27H28F4N4O5S. The lowest BCUT2D eigenvalue weighted by atomic mass is 9.94. The predicted octanol–water partition coefficient (Wildman–Crippen LogP) is 3.84. The summed E-state index contributed by atoms with van der Waals surface area (Å²) in [6, 6.07) is 8.37. The first-order chi connectivity index (χ1) is 19.1. The van der Waals surface area contributed by atoms with Crippen LogP contribution >= 0.6 is 0 Å². The number of carbonyl (C=O) groups excluding carboxylic acids is 2. The number of nitrogens with one attached hydrogen (secondary N) is 2. The van der Waals surface area contributed by atoms with E-state index in [0.29, 0.717) is 29.8 Å². The standard InChI is InChI=1S/C27H28F4N4O5S/c1-15-4-8-20(40-14-27(29,30)31)11-17(15)5-6-18-12-22-24(26(37)32-18)25(33-23(36)13-41(3,38)39)35(34-22)19-7-9-21(28)16(2)10-19/h4,7-11,18H,5-6,12-14H2,1-3H3,(H,32,37)(H,33,36)/t18-/m0/s1. The molecule has 1 atom stereocenters. The maximum Gasteiger partial charge on any atom is 0.422 e. The van der Waals surface area contributed by atoms with Gasteiger partial charge in [-0.2, -0.15) is 18.3 Å². The van der Waals surface area contributed by atoms with Crippen molar-refractivity contribution in [1.29, 1.82) is 0 Å². The van der Waals surface area contributed by atoms with Gasteiger partial charge in [0.2, 0.25) is 5.91 Å². The van der Waals surface area contributed by atoms with E-state index in [0.717, 1.165) is 17.4 Å². The molecule has 0 aliphatic carbocycles. The number of sulfone groups is 1. The van der Waals surface area contributed by atoms with Gasteiger partial charge >= 0.3 is 6.18 Å². The number of alkyl halides is 3. The van der Waals surface area contributed by atoms with Crippen LogP contribution in [0.15, 0.2) is 36.4 Å². The van der Waals surface area contributed by atoms with E-state index in [9.17, 15) is 35.6 Å². The normalized spacial score (nSPS) is 15.3. The van der Waals surface area contributed by atoms with Gasteiger partial charge in [0.25, 0.3) is 5.91 Å². The maximum atomic E-state index is 13.9. The molecule has 2 heterocycles. The number of fused-ring (bicyclic) bond motifs is 1. The number of aromatic nitrogens is 2. The van der Waals surface area contributed by atoms with Crippen LogP contribution in [0.3, 0.4) is 0 Å². The molecule has 14 heteroatoms. The van der Waals surface area contributed by atoms with E-state index in [1.807, 2.05) is 6.92 Å². The SMILES string of the molecule is Cc1cc(-n2nc3c(c2NC(=O)CS(C)(=O)=O)C(=O)N[C@@H](CCc2cc(OCC(F)(F)F)ccc2C)C3)ccc1F. The molecule has 220 valence electrons. The van der Waals surface area contributed by atoms with E-state index < -0.39 is 52.0 Å². The first-order valence-electron chi connectivity index (χ1n) is 12.6. The minimum absolute atomic E-state index is 0.0408. The molecule has 4 rings (SSSR count). The molecule has 0 fully saturated rings. The number of hydrogen-bond donors (Lipinski definition) is 2. The van der Waals surface area contributed by atoms with E-state index in [1.54, 1.807) is 6.07 Å². The number of ether oxygens (including phenoxy) is 1. The summed E-state index contributed by atoms with van der Waals surface area (Å²) < 4.78 is 81.0. The number of rotatable bonds is 9. The lowest BCUT2D eigenvalue weighted by Gasteiger charge is -2.23. The highest BCUT2D eigenvalue weighted by Crippen LogP contribution is 2.30. The molecule has 2 N–H and O–H groups in total. The average molecular weight is 597 g/mol. The number of benzene rings is 2. The Labute approximate surface area is 233 Å². The Kier molecular flexibility index (Phi) is 8.43. The van der Waals surface area contributed by atoms with Crippen molar-refractivity contribution < 1.29 is 40.3 Å². The molecule has 1 aromatic heterocycles. The van der Waals surface area contributed by atoms with Crippen molar-refractivity contribution in [3.05, 3.63) is 70.2 Å². The fraction of sp³-hybridized carbons (Fsp3) is 0.370. The van der Waals surface area contributed by atoms with Gasteiger partial charge in [0.15, 0.2) is 16.4 Å². The highest BCUT2D eigenvalue weighted by Gasteiger charge is 2.33. The molecule has 3 aromatic rings. The fourth-order valence-corrected chi connectivity index (χ4v) is 5.08. The zero-order valence-corrected chi connectivity index (χ0v) is 23.2. The number of halogens is 4. The first kappa shape index (κ1) is 30.0. The molecule has 0 unspecified atom stereocenters. The van der Waals surface area contributed by atoms with Gasteiger partial charge in [-0.3, -0.25) is 9.59 Å². The summed E-state index contributed by atoms with van der Waals surface area (Å²) in [4.78, 5) is 25.8. The Bertz CT molecular complexity index is 1600. The highest BCUT2D eigenvalue weighted by molar-refractivity contribution is 7.91. The quantitative estimate of drug-likeness (QED) is 0.363. The van der Waals surface area contributed by atoms with Crippen LogP contribution < -0.4 is 15.4 Å². The molecule has 0 bridgehead atoms. The molecule has 0 saturated heterocycles. The van der Waals surface area contributed by atoms with Crippen LogP contribution in [0.25, 0.3) is 5.69 Å². The number of aryl methyl sites for hydroxylation is 3. The number of carbonyl (C=O) groups is 2. The molecule has 2 amide bonds. The van der Waals surface area contributed by atoms with E-state index in [2.05, 4.69) is 15.7 Å². The summed E-state index contributed by atoms with van der Waals surface area (Å²) in [5.41, 5.74) is 2.65. The summed E-state index contributed by atoms with van der Waals surface area (Å²) >= 11 is 0. The van der Waals surface area contributed by atoms with E-state index in [1.165, 1.54) is 41.9 Å². The van der Waals surface area contributed by atoms with Gasteiger partial charge in [0.1, 0.15) is 28.7 Å². The van der Waals surface area contributed by atoms with E-state index in [4.69, 9.17) is 4.74 Å². The van der Waals surface area contributed by atoms with Gasteiger partial charge < -0.3 is 15.4 Å². The summed E-state index contributed by atoms with van der Waals surface area (Å²) in [5.74, 6) is -2.65. The topological polar surface area (TPSA) is 119 Å². The molecule has 0 saturated carbocycles. The third-order valence-electron chi connectivity index (χ3n) is 6.48. The molecule has 2 aromatic carbocycles. The van der Waals surface area contributed by atoms with Crippen LogP contribution in [0, 0.1) is 19.7 Å². The third kappa shape index (κ3) is 7.63. The van der Waals surface area contributed by atoms with Crippen LogP contribution in [0.4, 0.5) is 23.4 Å². The van der Waals surface area contributed by atoms with Crippen molar-refractivity contribution in [2.24, 2.45) is 0 Å². The average Bonchev–Trinajstić information content (AvgIpc) is 3.21. The lowest BCUT2D eigenvalue weighted by Crippen LogP contribution is -2.41.